The van der Waals surface area contributed by atoms with E-state index < -0.39 is 17.7 Å². The van der Waals surface area contributed by atoms with E-state index in [1.165, 1.54) is 33.9 Å². The number of hydrogen-bond acceptors (Lipinski definition) is 11. The summed E-state index contributed by atoms with van der Waals surface area (Å²) in [5.74, 6) is -0.588. The van der Waals surface area contributed by atoms with Gasteiger partial charge in [-0.1, -0.05) is 42.1 Å². The molecule has 4 aromatic rings. The standard InChI is InChI=1S/C16H15N3S2.C10H11F3N4OS3/c1-20-16-13(9-14(21-16)15(17)18)19-12-7-6-10-4-2-3-5-11(10)8-12;1-19-7-4(2-5(21-7)6(14)15)16-8-17-9(18,3-20-8)10(11,12)13/h2-9,19H,1H3,(H3,17,18);2,18H,3H2,1H3,(H3,14,15)(H,16,17). The predicted molar refractivity (Wildman–Crippen MR) is 176 cm³/mol. The lowest BCUT2D eigenvalue weighted by molar-refractivity contribution is -0.245. The first-order valence-corrected chi connectivity index (χ1v) is 17.0. The topological polar surface area (TPSA) is 156 Å². The summed E-state index contributed by atoms with van der Waals surface area (Å²) in [6.45, 7) is 0. The highest BCUT2D eigenvalue weighted by atomic mass is 32.2. The molecular formula is C26H26F3N7OS5. The molecule has 0 radical (unpaired) electrons. The van der Waals surface area contributed by atoms with Gasteiger partial charge in [-0.2, -0.15) is 13.2 Å². The molecular weight excluding hydrogens is 644 g/mol. The number of alkyl halides is 3. The molecule has 1 aliphatic rings. The van der Waals surface area contributed by atoms with Crippen molar-refractivity contribution < 1.29 is 18.3 Å². The molecule has 1 unspecified atom stereocenters. The maximum atomic E-state index is 12.7. The van der Waals surface area contributed by atoms with Gasteiger partial charge in [0.25, 0.3) is 5.72 Å². The van der Waals surface area contributed by atoms with Gasteiger partial charge in [-0.25, -0.2) is 4.99 Å². The van der Waals surface area contributed by atoms with Crippen LogP contribution < -0.4 is 22.1 Å². The zero-order valence-corrected chi connectivity index (χ0v) is 26.2. The smallest absolute Gasteiger partial charge is 0.383 e. The molecule has 0 bridgehead atoms. The number of nitrogen functional groups attached to an aromatic ring is 2. The van der Waals surface area contributed by atoms with Gasteiger partial charge in [-0.05, 0) is 47.5 Å². The quantitative estimate of drug-likeness (QED) is 0.0620. The van der Waals surface area contributed by atoms with Crippen molar-refractivity contribution in [3.63, 3.8) is 0 Å². The number of benzene rings is 2. The number of amidine groups is 3. The molecule has 1 aliphatic heterocycles. The Bertz CT molecular complexity index is 1650. The van der Waals surface area contributed by atoms with E-state index >= 15 is 0 Å². The summed E-state index contributed by atoms with van der Waals surface area (Å²) in [7, 11) is 0. The van der Waals surface area contributed by atoms with Gasteiger partial charge in [0.05, 0.1) is 35.3 Å². The summed E-state index contributed by atoms with van der Waals surface area (Å²) in [6.07, 6.45) is -0.983. The highest BCUT2D eigenvalue weighted by molar-refractivity contribution is 8.14. The van der Waals surface area contributed by atoms with Crippen LogP contribution >= 0.6 is 58.0 Å². The van der Waals surface area contributed by atoms with Gasteiger partial charge in [0, 0.05) is 5.69 Å². The molecule has 16 heteroatoms. The van der Waals surface area contributed by atoms with E-state index in [-0.39, 0.29) is 16.8 Å². The molecule has 222 valence electrons. The molecule has 0 amide bonds. The lowest BCUT2D eigenvalue weighted by Gasteiger charge is -2.20. The fourth-order valence-corrected chi connectivity index (χ4v) is 7.88. The Labute approximate surface area is 260 Å². The number of rotatable bonds is 7. The average Bonchev–Trinajstić information content (AvgIpc) is 3.66. The van der Waals surface area contributed by atoms with Crippen LogP contribution in [-0.4, -0.2) is 52.1 Å². The van der Waals surface area contributed by atoms with E-state index in [9.17, 15) is 18.3 Å². The summed E-state index contributed by atoms with van der Waals surface area (Å²) in [5.41, 5.74) is 10.5. The van der Waals surface area contributed by atoms with Crippen molar-refractivity contribution in [2.24, 2.45) is 16.5 Å². The zero-order valence-electron chi connectivity index (χ0n) is 22.1. The highest BCUT2D eigenvalue weighted by Crippen LogP contribution is 2.41. The molecule has 0 spiro atoms. The van der Waals surface area contributed by atoms with Crippen molar-refractivity contribution >= 4 is 103 Å². The first-order chi connectivity index (χ1) is 19.8. The Balaban J connectivity index is 0.000000193. The number of anilines is 3. The van der Waals surface area contributed by atoms with Crippen LogP contribution in [0.5, 0.6) is 0 Å². The number of aliphatic imine (C=N–C) groups is 1. The van der Waals surface area contributed by atoms with Gasteiger partial charge in [-0.3, -0.25) is 10.8 Å². The van der Waals surface area contributed by atoms with Crippen LogP contribution in [0, 0.1) is 10.8 Å². The molecule has 2 aromatic heterocycles. The summed E-state index contributed by atoms with van der Waals surface area (Å²) >= 11 is 6.62. The van der Waals surface area contributed by atoms with E-state index in [1.54, 1.807) is 35.4 Å². The number of fused-ring (bicyclic) bond motifs is 1. The number of nitrogens with two attached hydrogens (primary N) is 2. The number of nitrogens with one attached hydrogen (secondary N) is 4. The molecule has 8 nitrogen and oxygen atoms in total. The van der Waals surface area contributed by atoms with Crippen LogP contribution in [0.1, 0.15) is 9.75 Å². The fraction of sp³-hybridized carbons (Fsp3) is 0.192. The van der Waals surface area contributed by atoms with Gasteiger partial charge in [0.2, 0.25) is 0 Å². The molecule has 5 rings (SSSR count). The number of halogens is 3. The molecule has 0 fully saturated rings. The Morgan fingerprint density at radius 1 is 0.905 bits per heavy atom. The van der Waals surface area contributed by atoms with Crippen LogP contribution in [0.2, 0.25) is 0 Å². The summed E-state index contributed by atoms with van der Waals surface area (Å²) in [4.78, 5) is 4.63. The van der Waals surface area contributed by atoms with Gasteiger partial charge >= 0.3 is 6.18 Å². The van der Waals surface area contributed by atoms with E-state index in [4.69, 9.17) is 22.3 Å². The second kappa shape index (κ2) is 13.2. The fourth-order valence-electron chi connectivity index (χ4n) is 3.64. The Morgan fingerprint density at radius 3 is 1.95 bits per heavy atom. The van der Waals surface area contributed by atoms with Gasteiger partial charge in [0.1, 0.15) is 11.7 Å². The van der Waals surface area contributed by atoms with Crippen molar-refractivity contribution in [1.29, 1.82) is 10.8 Å². The van der Waals surface area contributed by atoms with Crippen LogP contribution in [0.4, 0.5) is 30.2 Å². The van der Waals surface area contributed by atoms with Gasteiger partial charge in [-0.15, -0.1) is 46.2 Å². The van der Waals surface area contributed by atoms with E-state index in [0.717, 1.165) is 36.4 Å². The number of thioether (sulfide) groups is 3. The lowest BCUT2D eigenvalue weighted by atomic mass is 10.1. The molecule has 42 heavy (non-hydrogen) atoms. The minimum Gasteiger partial charge on any atom is -0.383 e. The third-order valence-electron chi connectivity index (χ3n) is 5.72. The zero-order chi connectivity index (χ0) is 30.7. The third-order valence-corrected chi connectivity index (χ3v) is 11.3. The number of thiophene rings is 2. The Hall–Kier alpha value is -2.89. The summed E-state index contributed by atoms with van der Waals surface area (Å²) in [6, 6.07) is 18.1. The highest BCUT2D eigenvalue weighted by Gasteiger charge is 2.57. The maximum Gasteiger partial charge on any atom is 0.439 e. The average molecular weight is 670 g/mol. The predicted octanol–water partition coefficient (Wildman–Crippen LogP) is 7.17. The number of aliphatic hydroxyl groups is 1. The monoisotopic (exact) mass is 669 g/mol. The maximum absolute atomic E-state index is 12.7. The van der Waals surface area contributed by atoms with Gasteiger partial charge in [0.15, 0.2) is 5.17 Å². The van der Waals surface area contributed by atoms with E-state index in [1.807, 2.05) is 24.5 Å². The molecule has 0 saturated heterocycles. The van der Waals surface area contributed by atoms with Crippen molar-refractivity contribution in [1.82, 2.24) is 0 Å². The van der Waals surface area contributed by atoms with E-state index in [2.05, 4.69) is 46.0 Å². The van der Waals surface area contributed by atoms with Crippen molar-refractivity contribution in [2.75, 3.05) is 28.9 Å². The Kier molecular flexibility index (Phi) is 10.1. The minimum absolute atomic E-state index is 0.0157. The van der Waals surface area contributed by atoms with Crippen LogP contribution in [0.15, 0.2) is 68.0 Å². The largest absolute Gasteiger partial charge is 0.439 e. The summed E-state index contributed by atoms with van der Waals surface area (Å²) in [5, 5.41) is 33.0. The minimum atomic E-state index is -4.81. The second-order valence-electron chi connectivity index (χ2n) is 8.69. The molecule has 0 aliphatic carbocycles. The van der Waals surface area contributed by atoms with Crippen LogP contribution in [-0.2, 0) is 0 Å². The van der Waals surface area contributed by atoms with Crippen molar-refractivity contribution in [3.8, 4) is 0 Å². The molecule has 1 atom stereocenters. The normalized spacial score (nSPS) is 16.5. The third kappa shape index (κ3) is 7.36. The van der Waals surface area contributed by atoms with Crippen molar-refractivity contribution in [2.45, 2.75) is 20.3 Å². The number of hydrogen-bond donors (Lipinski definition) is 7. The molecule has 2 aromatic carbocycles. The van der Waals surface area contributed by atoms with Crippen LogP contribution in [0.3, 0.4) is 0 Å². The molecule has 9 N–H and O–H groups in total. The molecule has 0 saturated carbocycles. The molecule has 3 heterocycles. The Morgan fingerprint density at radius 2 is 1.45 bits per heavy atom. The SMILES string of the molecule is CSc1sc(C(=N)N)cc1NC1=NC(O)(C(F)(F)F)CS1.CSc1sc(C(=N)N)cc1Nc1ccc2ccccc2c1. The van der Waals surface area contributed by atoms with Crippen molar-refractivity contribution in [3.05, 3.63) is 64.4 Å². The first-order valence-electron chi connectivity index (χ1n) is 11.9. The van der Waals surface area contributed by atoms with Gasteiger partial charge < -0.3 is 27.2 Å². The summed E-state index contributed by atoms with van der Waals surface area (Å²) < 4.78 is 39.9. The second-order valence-corrected chi connectivity index (χ2v) is 13.9. The first kappa shape index (κ1) is 32.0. The van der Waals surface area contributed by atoms with Crippen LogP contribution in [0.25, 0.3) is 10.8 Å². The number of nitrogens with zero attached hydrogens (tertiary/aromatic N) is 1. The van der Waals surface area contributed by atoms with E-state index in [0.29, 0.717) is 10.6 Å². The lowest BCUT2D eigenvalue weighted by Crippen LogP contribution is -2.43.